The molecule has 0 radical (unpaired) electrons. The summed E-state index contributed by atoms with van der Waals surface area (Å²) in [6.07, 6.45) is 0.633. The lowest BCUT2D eigenvalue weighted by Crippen LogP contribution is -2.05. The van der Waals surface area contributed by atoms with E-state index in [2.05, 4.69) is 0 Å². The van der Waals surface area contributed by atoms with Gasteiger partial charge in [-0.1, -0.05) is 6.92 Å². The summed E-state index contributed by atoms with van der Waals surface area (Å²) < 4.78 is 5.07. The molecule has 0 aliphatic carbocycles. The molecule has 2 rings (SSSR count). The Labute approximate surface area is 80.6 Å². The van der Waals surface area contributed by atoms with E-state index in [0.717, 1.165) is 5.39 Å². The number of aryl methyl sites for hydroxylation is 1. The van der Waals surface area contributed by atoms with E-state index in [-0.39, 0.29) is 11.4 Å². The van der Waals surface area contributed by atoms with Gasteiger partial charge in [0.2, 0.25) is 0 Å². The molecule has 0 unspecified atom stereocenters. The van der Waals surface area contributed by atoms with E-state index in [0.29, 0.717) is 17.6 Å². The van der Waals surface area contributed by atoms with Crippen molar-refractivity contribution in [3.05, 3.63) is 40.2 Å². The second-order valence-corrected chi connectivity index (χ2v) is 3.13. The first-order valence-corrected chi connectivity index (χ1v) is 4.46. The molecular formula is C11H10O3. The fourth-order valence-corrected chi connectivity index (χ4v) is 1.40. The van der Waals surface area contributed by atoms with Crippen molar-refractivity contribution in [3.8, 4) is 5.75 Å². The van der Waals surface area contributed by atoms with Crippen LogP contribution in [0.4, 0.5) is 0 Å². The largest absolute Gasteiger partial charge is 0.508 e. The van der Waals surface area contributed by atoms with Gasteiger partial charge < -0.3 is 9.52 Å². The number of fused-ring (bicyclic) bond motifs is 1. The second-order valence-electron chi connectivity index (χ2n) is 3.13. The molecule has 72 valence electrons. The summed E-state index contributed by atoms with van der Waals surface area (Å²) in [5.74, 6) is 0.174. The fraction of sp³-hybridized carbons (Fsp3) is 0.182. The minimum absolute atomic E-state index is 0.174. The van der Waals surface area contributed by atoms with Crippen LogP contribution in [0.1, 0.15) is 12.5 Å². The normalized spacial score (nSPS) is 10.6. The Kier molecular flexibility index (Phi) is 2.00. The third-order valence-corrected chi connectivity index (χ3v) is 2.17. The lowest BCUT2D eigenvalue weighted by atomic mass is 10.1. The molecule has 0 bridgehead atoms. The van der Waals surface area contributed by atoms with Gasteiger partial charge in [0.05, 0.1) is 0 Å². The molecule has 0 amide bonds. The number of hydrogen-bond donors (Lipinski definition) is 1. The van der Waals surface area contributed by atoms with Crippen LogP contribution in [0, 0.1) is 0 Å². The highest BCUT2D eigenvalue weighted by Gasteiger charge is 2.03. The molecular weight excluding hydrogens is 180 g/mol. The zero-order chi connectivity index (χ0) is 10.1. The van der Waals surface area contributed by atoms with E-state index >= 15 is 0 Å². The minimum atomic E-state index is -0.300. The summed E-state index contributed by atoms with van der Waals surface area (Å²) in [7, 11) is 0. The molecule has 0 atom stereocenters. The third kappa shape index (κ3) is 1.37. The number of benzene rings is 1. The molecule has 1 aromatic heterocycles. The number of phenolic OH excluding ortho intramolecular Hbond substituents is 1. The van der Waals surface area contributed by atoms with Gasteiger partial charge in [0.1, 0.15) is 11.3 Å². The van der Waals surface area contributed by atoms with E-state index in [1.807, 2.05) is 6.92 Å². The molecule has 2 aromatic rings. The van der Waals surface area contributed by atoms with Crippen LogP contribution in [0.15, 0.2) is 33.5 Å². The van der Waals surface area contributed by atoms with Crippen LogP contribution in [-0.2, 0) is 6.42 Å². The topological polar surface area (TPSA) is 50.4 Å². The van der Waals surface area contributed by atoms with E-state index in [9.17, 15) is 9.90 Å². The van der Waals surface area contributed by atoms with E-state index in [1.165, 1.54) is 6.07 Å². The molecule has 1 N–H and O–H groups in total. The molecule has 0 aliphatic heterocycles. The molecule has 1 heterocycles. The van der Waals surface area contributed by atoms with Crippen LogP contribution in [0.3, 0.4) is 0 Å². The van der Waals surface area contributed by atoms with Crippen molar-refractivity contribution in [3.63, 3.8) is 0 Å². The van der Waals surface area contributed by atoms with Gasteiger partial charge in [-0.05, 0) is 30.7 Å². The predicted molar refractivity (Wildman–Crippen MR) is 53.5 cm³/mol. The van der Waals surface area contributed by atoms with Crippen LogP contribution >= 0.6 is 0 Å². The molecule has 0 saturated heterocycles. The first kappa shape index (κ1) is 8.81. The van der Waals surface area contributed by atoms with Gasteiger partial charge in [-0.15, -0.1) is 0 Å². The SMILES string of the molecule is CCc1cc2cc(O)ccc2oc1=O. The molecule has 3 heteroatoms. The second kappa shape index (κ2) is 3.18. The van der Waals surface area contributed by atoms with Crippen LogP contribution in [-0.4, -0.2) is 5.11 Å². The van der Waals surface area contributed by atoms with Gasteiger partial charge in [-0.25, -0.2) is 4.79 Å². The first-order valence-electron chi connectivity index (χ1n) is 4.46. The van der Waals surface area contributed by atoms with E-state index < -0.39 is 0 Å². The Balaban J connectivity index is 2.80. The van der Waals surface area contributed by atoms with Crippen LogP contribution in [0.2, 0.25) is 0 Å². The summed E-state index contributed by atoms with van der Waals surface area (Å²) in [6.45, 7) is 1.89. The van der Waals surface area contributed by atoms with Gasteiger partial charge >= 0.3 is 5.63 Å². The van der Waals surface area contributed by atoms with Gasteiger partial charge in [0, 0.05) is 10.9 Å². The van der Waals surface area contributed by atoms with Gasteiger partial charge in [-0.3, -0.25) is 0 Å². The van der Waals surface area contributed by atoms with E-state index in [1.54, 1.807) is 18.2 Å². The molecule has 1 aromatic carbocycles. The fourth-order valence-electron chi connectivity index (χ4n) is 1.40. The van der Waals surface area contributed by atoms with Crippen LogP contribution < -0.4 is 5.63 Å². The molecule has 0 spiro atoms. The standard InChI is InChI=1S/C11H10O3/c1-2-7-5-8-6-9(12)3-4-10(8)14-11(7)13/h3-6,12H,2H2,1H3. The number of phenols is 1. The Morgan fingerprint density at radius 3 is 2.86 bits per heavy atom. The van der Waals surface area contributed by atoms with Crippen LogP contribution in [0.25, 0.3) is 11.0 Å². The summed E-state index contributed by atoms with van der Waals surface area (Å²) in [5.41, 5.74) is 0.832. The Morgan fingerprint density at radius 1 is 1.36 bits per heavy atom. The molecule has 14 heavy (non-hydrogen) atoms. The van der Waals surface area contributed by atoms with Crippen molar-refractivity contribution in [1.29, 1.82) is 0 Å². The lowest BCUT2D eigenvalue weighted by molar-refractivity contribution is 0.475. The zero-order valence-electron chi connectivity index (χ0n) is 7.78. The van der Waals surface area contributed by atoms with Crippen molar-refractivity contribution < 1.29 is 9.52 Å². The maximum Gasteiger partial charge on any atom is 0.339 e. The smallest absolute Gasteiger partial charge is 0.339 e. The Bertz CT molecular complexity index is 526. The number of rotatable bonds is 1. The highest BCUT2D eigenvalue weighted by atomic mass is 16.4. The van der Waals surface area contributed by atoms with Gasteiger partial charge in [-0.2, -0.15) is 0 Å². The molecule has 0 fully saturated rings. The molecule has 3 nitrogen and oxygen atoms in total. The Hall–Kier alpha value is -1.77. The average molecular weight is 190 g/mol. The summed E-state index contributed by atoms with van der Waals surface area (Å²) >= 11 is 0. The number of aromatic hydroxyl groups is 1. The van der Waals surface area contributed by atoms with Crippen molar-refractivity contribution in [2.75, 3.05) is 0 Å². The van der Waals surface area contributed by atoms with E-state index in [4.69, 9.17) is 4.42 Å². The van der Waals surface area contributed by atoms with Gasteiger partial charge in [0.25, 0.3) is 0 Å². The van der Waals surface area contributed by atoms with Crippen molar-refractivity contribution >= 4 is 11.0 Å². The zero-order valence-corrected chi connectivity index (χ0v) is 7.78. The van der Waals surface area contributed by atoms with Crippen molar-refractivity contribution in [1.82, 2.24) is 0 Å². The summed E-state index contributed by atoms with van der Waals surface area (Å²) in [5, 5.41) is 9.99. The first-order chi connectivity index (χ1) is 6.70. The molecule has 0 aliphatic rings. The van der Waals surface area contributed by atoms with Crippen molar-refractivity contribution in [2.45, 2.75) is 13.3 Å². The molecule has 0 saturated carbocycles. The highest BCUT2D eigenvalue weighted by Crippen LogP contribution is 2.19. The summed E-state index contributed by atoms with van der Waals surface area (Å²) in [4.78, 5) is 11.3. The van der Waals surface area contributed by atoms with Crippen molar-refractivity contribution in [2.24, 2.45) is 0 Å². The monoisotopic (exact) mass is 190 g/mol. The highest BCUT2D eigenvalue weighted by molar-refractivity contribution is 5.78. The quantitative estimate of drug-likeness (QED) is 0.700. The average Bonchev–Trinajstić information content (AvgIpc) is 2.17. The van der Waals surface area contributed by atoms with Crippen LogP contribution in [0.5, 0.6) is 5.75 Å². The number of hydrogen-bond acceptors (Lipinski definition) is 3. The maximum atomic E-state index is 11.3. The Morgan fingerprint density at radius 2 is 2.14 bits per heavy atom. The lowest BCUT2D eigenvalue weighted by Gasteiger charge is -1.99. The third-order valence-electron chi connectivity index (χ3n) is 2.17. The summed E-state index contributed by atoms with van der Waals surface area (Å²) in [6, 6.07) is 6.42. The van der Waals surface area contributed by atoms with Gasteiger partial charge in [0.15, 0.2) is 0 Å². The minimum Gasteiger partial charge on any atom is -0.508 e. The maximum absolute atomic E-state index is 11.3. The predicted octanol–water partition coefficient (Wildman–Crippen LogP) is 2.06.